The molecule has 2 aromatic heterocycles. The molecule has 0 spiro atoms. The van der Waals surface area contributed by atoms with E-state index >= 15 is 4.39 Å². The maximum Gasteiger partial charge on any atom is 0.158 e. The molecule has 1 atom stereocenters. The van der Waals surface area contributed by atoms with Crippen LogP contribution in [0.4, 0.5) is 10.1 Å². The van der Waals surface area contributed by atoms with Gasteiger partial charge in [0.1, 0.15) is 11.5 Å². The predicted octanol–water partition coefficient (Wildman–Crippen LogP) is 1.73. The highest BCUT2D eigenvalue weighted by Gasteiger charge is 2.36. The van der Waals surface area contributed by atoms with Crippen molar-refractivity contribution in [3.63, 3.8) is 0 Å². The molecule has 0 bridgehead atoms. The minimum Gasteiger partial charge on any atom is -0.387 e. The summed E-state index contributed by atoms with van der Waals surface area (Å²) in [5.41, 5.74) is 14.3. The molecule has 0 saturated carbocycles. The summed E-state index contributed by atoms with van der Waals surface area (Å²) < 4.78 is 15.0. The Hall–Kier alpha value is -3.00. The number of hydrogen-bond donors (Lipinski definition) is 4. The molecule has 122 valence electrons. The van der Waals surface area contributed by atoms with Gasteiger partial charge in [-0.2, -0.15) is 10.2 Å². The first-order valence-electron chi connectivity index (χ1n) is 7.50. The van der Waals surface area contributed by atoms with Crippen LogP contribution in [-0.4, -0.2) is 26.2 Å². The molecule has 3 aromatic rings. The third kappa shape index (κ3) is 2.28. The quantitative estimate of drug-likeness (QED) is 0.585. The van der Waals surface area contributed by atoms with Crippen LogP contribution in [0.2, 0.25) is 0 Å². The third-order valence-electron chi connectivity index (χ3n) is 4.26. The summed E-state index contributed by atoms with van der Waals surface area (Å²) in [6.45, 7) is 0. The molecule has 24 heavy (non-hydrogen) atoms. The summed E-state index contributed by atoms with van der Waals surface area (Å²) in [6.07, 6.45) is 4.03. The van der Waals surface area contributed by atoms with Crippen molar-refractivity contribution in [2.24, 2.45) is 16.5 Å². The average Bonchev–Trinajstić information content (AvgIpc) is 3.21. The smallest absolute Gasteiger partial charge is 0.158 e. The monoisotopic (exact) mass is 325 g/mol. The Morgan fingerprint density at radius 1 is 1.12 bits per heavy atom. The maximum absolute atomic E-state index is 15.0. The first-order chi connectivity index (χ1) is 11.6. The van der Waals surface area contributed by atoms with Crippen molar-refractivity contribution >= 4 is 11.5 Å². The Labute approximate surface area is 137 Å². The molecule has 1 aliphatic rings. The first-order valence-corrected chi connectivity index (χ1v) is 7.50. The Bertz CT molecular complexity index is 899. The highest BCUT2D eigenvalue weighted by atomic mass is 19.1. The number of H-pyrrole nitrogens is 2. The number of nitrogens with one attached hydrogen (secondary N) is 2. The molecule has 0 fully saturated rings. The van der Waals surface area contributed by atoms with Gasteiger partial charge in [-0.05, 0) is 18.2 Å². The number of aliphatic imine (C=N–C) groups is 1. The lowest BCUT2D eigenvalue weighted by Gasteiger charge is -2.34. The van der Waals surface area contributed by atoms with E-state index in [9.17, 15) is 0 Å². The molecule has 3 heterocycles. The molecule has 0 radical (unpaired) electrons. The molecule has 0 aliphatic carbocycles. The zero-order valence-corrected chi connectivity index (χ0v) is 12.8. The number of amidine groups is 1. The van der Waals surface area contributed by atoms with Gasteiger partial charge in [-0.15, -0.1) is 0 Å². The van der Waals surface area contributed by atoms with Crippen LogP contribution in [0.3, 0.4) is 0 Å². The van der Waals surface area contributed by atoms with Gasteiger partial charge in [0.25, 0.3) is 0 Å². The van der Waals surface area contributed by atoms with Gasteiger partial charge in [-0.25, -0.2) is 9.38 Å². The van der Waals surface area contributed by atoms with E-state index < -0.39 is 11.4 Å². The van der Waals surface area contributed by atoms with Crippen molar-refractivity contribution in [1.29, 1.82) is 0 Å². The largest absolute Gasteiger partial charge is 0.387 e. The van der Waals surface area contributed by atoms with Crippen molar-refractivity contribution < 1.29 is 4.39 Å². The van der Waals surface area contributed by atoms with E-state index in [1.54, 1.807) is 30.6 Å². The van der Waals surface area contributed by atoms with E-state index in [-0.39, 0.29) is 5.69 Å². The summed E-state index contributed by atoms with van der Waals surface area (Å²) in [5.74, 6) is -0.149. The second-order valence-electron chi connectivity index (χ2n) is 5.99. The number of rotatable bonds is 3. The van der Waals surface area contributed by atoms with Gasteiger partial charge in [0, 0.05) is 42.1 Å². The Morgan fingerprint density at radius 3 is 2.62 bits per heavy atom. The number of nitrogens with two attached hydrogens (primary N) is 2. The number of benzene rings is 1. The summed E-state index contributed by atoms with van der Waals surface area (Å²) in [5, 5.41) is 13.4. The number of aromatic nitrogens is 4. The fourth-order valence-corrected chi connectivity index (χ4v) is 3.17. The highest BCUT2D eigenvalue weighted by molar-refractivity contribution is 5.88. The molecule has 1 aromatic carbocycles. The second-order valence-corrected chi connectivity index (χ2v) is 5.99. The molecule has 1 aliphatic heterocycles. The van der Waals surface area contributed by atoms with Crippen LogP contribution in [-0.2, 0) is 12.0 Å². The van der Waals surface area contributed by atoms with Gasteiger partial charge >= 0.3 is 0 Å². The molecule has 4 rings (SSSR count). The lowest BCUT2D eigenvalue weighted by molar-refractivity contribution is 0.444. The van der Waals surface area contributed by atoms with Crippen LogP contribution >= 0.6 is 0 Å². The fourth-order valence-electron chi connectivity index (χ4n) is 3.17. The summed E-state index contributed by atoms with van der Waals surface area (Å²) in [7, 11) is 0. The Balaban J connectivity index is 1.84. The minimum atomic E-state index is -0.846. The lowest BCUT2D eigenvalue weighted by atomic mass is 9.79. The highest BCUT2D eigenvalue weighted by Crippen LogP contribution is 2.41. The van der Waals surface area contributed by atoms with Crippen LogP contribution < -0.4 is 11.5 Å². The standard InChI is InChI=1S/C16H16FN7/c17-14-10(12-4-6-21-24-12)1-2-11-15(14)22-13(18)8-16(11,19)7-9-3-5-20-23-9/h1-6H,7-8,19H2,(H2,18,22)(H,20,23)(H,21,24). The summed E-state index contributed by atoms with van der Waals surface area (Å²) in [6, 6.07) is 7.03. The molecule has 7 nitrogen and oxygen atoms in total. The third-order valence-corrected chi connectivity index (χ3v) is 4.26. The van der Waals surface area contributed by atoms with E-state index in [2.05, 4.69) is 25.4 Å². The van der Waals surface area contributed by atoms with Crippen LogP contribution in [0, 0.1) is 5.82 Å². The molecule has 1 unspecified atom stereocenters. The number of hydrogen-bond acceptors (Lipinski definition) is 5. The van der Waals surface area contributed by atoms with E-state index in [0.717, 1.165) is 5.69 Å². The SMILES string of the molecule is NC1=Nc2c(ccc(-c3ccn[nH]3)c2F)C(N)(Cc2ccn[nH]2)C1. The summed E-state index contributed by atoms with van der Waals surface area (Å²) >= 11 is 0. The molecule has 6 N–H and O–H groups in total. The number of aromatic amines is 2. The van der Waals surface area contributed by atoms with Crippen molar-refractivity contribution in [3.05, 3.63) is 53.7 Å². The molecule has 0 saturated heterocycles. The number of fused-ring (bicyclic) bond motifs is 1. The van der Waals surface area contributed by atoms with Gasteiger partial charge in [0.05, 0.1) is 11.2 Å². The van der Waals surface area contributed by atoms with Gasteiger partial charge in [-0.1, -0.05) is 6.07 Å². The zero-order valence-electron chi connectivity index (χ0n) is 12.8. The second kappa shape index (κ2) is 5.27. The first kappa shape index (κ1) is 14.6. The van der Waals surface area contributed by atoms with E-state index in [1.165, 1.54) is 0 Å². The van der Waals surface area contributed by atoms with E-state index in [4.69, 9.17) is 11.5 Å². The number of nitrogens with zero attached hydrogens (tertiary/aromatic N) is 3. The van der Waals surface area contributed by atoms with Crippen molar-refractivity contribution in [2.75, 3.05) is 0 Å². The number of halogens is 1. The van der Waals surface area contributed by atoms with E-state index in [1.807, 2.05) is 6.07 Å². The van der Waals surface area contributed by atoms with Gasteiger partial charge in [0.15, 0.2) is 5.82 Å². The van der Waals surface area contributed by atoms with E-state index in [0.29, 0.717) is 35.5 Å². The Morgan fingerprint density at radius 2 is 1.92 bits per heavy atom. The molecular formula is C16H16FN7. The van der Waals surface area contributed by atoms with Gasteiger partial charge in [0.2, 0.25) is 0 Å². The molecule has 8 heteroatoms. The van der Waals surface area contributed by atoms with Gasteiger partial charge in [-0.3, -0.25) is 10.2 Å². The minimum absolute atomic E-state index is 0.188. The van der Waals surface area contributed by atoms with Crippen molar-refractivity contribution in [1.82, 2.24) is 20.4 Å². The maximum atomic E-state index is 15.0. The molecule has 0 amide bonds. The topological polar surface area (TPSA) is 122 Å². The van der Waals surface area contributed by atoms with Gasteiger partial charge < -0.3 is 11.5 Å². The van der Waals surface area contributed by atoms with Crippen molar-refractivity contribution in [2.45, 2.75) is 18.4 Å². The fraction of sp³-hybridized carbons (Fsp3) is 0.188. The molecular weight excluding hydrogens is 309 g/mol. The van der Waals surface area contributed by atoms with Crippen LogP contribution in [0.5, 0.6) is 0 Å². The van der Waals surface area contributed by atoms with Crippen LogP contribution in [0.1, 0.15) is 17.7 Å². The lowest BCUT2D eigenvalue weighted by Crippen LogP contribution is -2.45. The normalized spacial score (nSPS) is 19.8. The van der Waals surface area contributed by atoms with Crippen LogP contribution in [0.25, 0.3) is 11.3 Å². The van der Waals surface area contributed by atoms with Crippen molar-refractivity contribution in [3.8, 4) is 11.3 Å². The average molecular weight is 325 g/mol. The summed E-state index contributed by atoms with van der Waals surface area (Å²) in [4.78, 5) is 4.22. The predicted molar refractivity (Wildman–Crippen MR) is 88.0 cm³/mol. The Kier molecular flexibility index (Phi) is 3.20. The van der Waals surface area contributed by atoms with Crippen LogP contribution in [0.15, 0.2) is 41.7 Å². The zero-order chi connectivity index (χ0) is 16.7.